The lowest BCUT2D eigenvalue weighted by atomic mass is 10.2. The van der Waals surface area contributed by atoms with Crippen LogP contribution in [0.2, 0.25) is 0 Å². The van der Waals surface area contributed by atoms with Crippen LogP contribution in [0, 0.1) is 0 Å². The van der Waals surface area contributed by atoms with Gasteiger partial charge in [-0.3, -0.25) is 0 Å². The molecule has 0 atom stereocenters. The summed E-state index contributed by atoms with van der Waals surface area (Å²) < 4.78 is 9.90. The van der Waals surface area contributed by atoms with Gasteiger partial charge in [-0.1, -0.05) is 13.2 Å². The minimum atomic E-state index is -0.355. The van der Waals surface area contributed by atoms with Gasteiger partial charge in [0, 0.05) is 17.7 Å². The van der Waals surface area contributed by atoms with Crippen LogP contribution in [-0.4, -0.2) is 38.2 Å². The van der Waals surface area contributed by atoms with Crippen LogP contribution in [0.25, 0.3) is 0 Å². The minimum Gasteiger partial charge on any atom is -0.462 e. The second-order valence-corrected chi connectivity index (χ2v) is 4.64. The third-order valence-electron chi connectivity index (χ3n) is 2.44. The van der Waals surface area contributed by atoms with Crippen molar-refractivity contribution in [3.05, 3.63) is 24.3 Å². The van der Waals surface area contributed by atoms with Gasteiger partial charge < -0.3 is 14.8 Å². The van der Waals surface area contributed by atoms with E-state index < -0.39 is 0 Å². The molecule has 5 nitrogen and oxygen atoms in total. The van der Waals surface area contributed by atoms with E-state index in [1.165, 1.54) is 0 Å². The zero-order valence-corrected chi connectivity index (χ0v) is 12.5. The molecule has 0 aromatic heterocycles. The molecular formula is C15H25NO4. The Labute approximate surface area is 121 Å². The molecular weight excluding hydrogens is 258 g/mol. The SMILES string of the molecule is C=C(C)C(=O)OCCCCCNCCOC(=O)C(=C)C. The fraction of sp³-hybridized carbons (Fsp3) is 0.600. The van der Waals surface area contributed by atoms with E-state index in [4.69, 9.17) is 9.47 Å². The van der Waals surface area contributed by atoms with Gasteiger partial charge in [0.05, 0.1) is 6.61 Å². The van der Waals surface area contributed by atoms with E-state index in [1.54, 1.807) is 13.8 Å². The van der Waals surface area contributed by atoms with Crippen molar-refractivity contribution in [2.45, 2.75) is 33.1 Å². The highest BCUT2D eigenvalue weighted by atomic mass is 16.5. The van der Waals surface area contributed by atoms with Crippen molar-refractivity contribution in [3.63, 3.8) is 0 Å². The van der Waals surface area contributed by atoms with Gasteiger partial charge in [-0.25, -0.2) is 9.59 Å². The van der Waals surface area contributed by atoms with Crippen molar-refractivity contribution < 1.29 is 19.1 Å². The zero-order valence-electron chi connectivity index (χ0n) is 12.5. The van der Waals surface area contributed by atoms with Crippen molar-refractivity contribution in [2.75, 3.05) is 26.3 Å². The van der Waals surface area contributed by atoms with Crippen molar-refractivity contribution in [3.8, 4) is 0 Å². The summed E-state index contributed by atoms with van der Waals surface area (Å²) in [5, 5.41) is 3.17. The van der Waals surface area contributed by atoms with Crippen molar-refractivity contribution >= 4 is 11.9 Å². The summed E-state index contributed by atoms with van der Waals surface area (Å²) in [7, 11) is 0. The summed E-state index contributed by atoms with van der Waals surface area (Å²) in [5.74, 6) is -0.686. The normalized spacial score (nSPS) is 9.90. The van der Waals surface area contributed by atoms with Crippen molar-refractivity contribution in [1.82, 2.24) is 5.32 Å². The standard InChI is InChI=1S/C15H25NO4/c1-12(2)14(17)19-10-7-5-6-8-16-9-11-20-15(18)13(3)4/h16H,1,3,5-11H2,2,4H3. The first-order chi connectivity index (χ1) is 9.45. The number of nitrogens with one attached hydrogen (secondary N) is 1. The molecule has 0 rings (SSSR count). The molecule has 0 saturated heterocycles. The van der Waals surface area contributed by atoms with Gasteiger partial charge in [0.1, 0.15) is 6.61 Å². The molecule has 0 aliphatic carbocycles. The Hall–Kier alpha value is -1.62. The maximum absolute atomic E-state index is 11.1. The Morgan fingerprint density at radius 2 is 1.40 bits per heavy atom. The van der Waals surface area contributed by atoms with Gasteiger partial charge >= 0.3 is 11.9 Å². The maximum atomic E-state index is 11.1. The molecule has 0 bridgehead atoms. The lowest BCUT2D eigenvalue weighted by Gasteiger charge is -2.06. The molecule has 0 unspecified atom stereocenters. The van der Waals surface area contributed by atoms with Crippen LogP contribution >= 0.6 is 0 Å². The molecule has 0 amide bonds. The van der Waals surface area contributed by atoms with Crippen LogP contribution in [0.1, 0.15) is 33.1 Å². The molecule has 5 heteroatoms. The Morgan fingerprint density at radius 3 is 1.95 bits per heavy atom. The zero-order chi connectivity index (χ0) is 15.4. The van der Waals surface area contributed by atoms with Crippen LogP contribution in [0.15, 0.2) is 24.3 Å². The summed E-state index contributed by atoms with van der Waals surface area (Å²) in [4.78, 5) is 22.1. The fourth-order valence-electron chi connectivity index (χ4n) is 1.28. The highest BCUT2D eigenvalue weighted by Crippen LogP contribution is 1.98. The van der Waals surface area contributed by atoms with E-state index >= 15 is 0 Å². The third kappa shape index (κ3) is 10.3. The summed E-state index contributed by atoms with van der Waals surface area (Å²) in [5.41, 5.74) is 0.838. The van der Waals surface area contributed by atoms with E-state index in [0.717, 1.165) is 25.8 Å². The smallest absolute Gasteiger partial charge is 0.333 e. The average molecular weight is 283 g/mol. The summed E-state index contributed by atoms with van der Waals surface area (Å²) >= 11 is 0. The molecule has 0 aromatic carbocycles. The Balaban J connectivity index is 3.25. The summed E-state index contributed by atoms with van der Waals surface area (Å²) in [6.07, 6.45) is 2.80. The van der Waals surface area contributed by atoms with E-state index in [9.17, 15) is 9.59 Å². The Kier molecular flexibility index (Phi) is 10.3. The number of rotatable bonds is 11. The van der Waals surface area contributed by atoms with E-state index in [1.807, 2.05) is 0 Å². The monoisotopic (exact) mass is 283 g/mol. The molecule has 114 valence electrons. The van der Waals surface area contributed by atoms with Crippen LogP contribution < -0.4 is 5.32 Å². The van der Waals surface area contributed by atoms with Gasteiger partial charge in [0.15, 0.2) is 0 Å². The van der Waals surface area contributed by atoms with Gasteiger partial charge in [0.25, 0.3) is 0 Å². The van der Waals surface area contributed by atoms with Crippen LogP contribution in [0.3, 0.4) is 0 Å². The first-order valence-electron chi connectivity index (χ1n) is 6.81. The highest BCUT2D eigenvalue weighted by Gasteiger charge is 2.02. The molecule has 0 heterocycles. The number of hydrogen-bond acceptors (Lipinski definition) is 5. The quantitative estimate of drug-likeness (QED) is 0.357. The number of hydrogen-bond donors (Lipinski definition) is 1. The number of unbranched alkanes of at least 4 members (excludes halogenated alkanes) is 2. The first kappa shape index (κ1) is 18.4. The topological polar surface area (TPSA) is 64.6 Å². The van der Waals surface area contributed by atoms with Crippen LogP contribution in [0.5, 0.6) is 0 Å². The molecule has 0 aromatic rings. The largest absolute Gasteiger partial charge is 0.462 e. The molecule has 1 N–H and O–H groups in total. The third-order valence-corrected chi connectivity index (χ3v) is 2.44. The predicted molar refractivity (Wildman–Crippen MR) is 78.3 cm³/mol. The van der Waals surface area contributed by atoms with E-state index in [2.05, 4.69) is 18.5 Å². The maximum Gasteiger partial charge on any atom is 0.333 e. The fourth-order valence-corrected chi connectivity index (χ4v) is 1.28. The molecule has 0 spiro atoms. The van der Waals surface area contributed by atoms with Crippen LogP contribution in [0.4, 0.5) is 0 Å². The van der Waals surface area contributed by atoms with Crippen LogP contribution in [-0.2, 0) is 19.1 Å². The molecule has 0 aliphatic rings. The summed E-state index contributed by atoms with van der Waals surface area (Å²) in [6, 6.07) is 0. The number of ether oxygens (including phenoxy) is 2. The average Bonchev–Trinajstić information content (AvgIpc) is 2.39. The van der Waals surface area contributed by atoms with Gasteiger partial charge in [0.2, 0.25) is 0 Å². The van der Waals surface area contributed by atoms with Crippen molar-refractivity contribution in [1.29, 1.82) is 0 Å². The Morgan fingerprint density at radius 1 is 0.850 bits per heavy atom. The second kappa shape index (κ2) is 11.2. The lowest BCUT2D eigenvalue weighted by Crippen LogP contribution is -2.22. The molecule has 0 saturated carbocycles. The summed E-state index contributed by atoms with van der Waals surface area (Å²) in [6.45, 7) is 12.5. The molecule has 0 radical (unpaired) electrons. The van der Waals surface area contributed by atoms with Crippen molar-refractivity contribution in [2.24, 2.45) is 0 Å². The number of esters is 2. The molecule has 0 fully saturated rings. The van der Waals surface area contributed by atoms with Gasteiger partial charge in [-0.2, -0.15) is 0 Å². The molecule has 20 heavy (non-hydrogen) atoms. The highest BCUT2D eigenvalue weighted by molar-refractivity contribution is 5.87. The van der Waals surface area contributed by atoms with Gasteiger partial charge in [-0.05, 0) is 39.7 Å². The minimum absolute atomic E-state index is 0.331. The lowest BCUT2D eigenvalue weighted by molar-refractivity contribution is -0.139. The van der Waals surface area contributed by atoms with E-state index in [0.29, 0.717) is 30.9 Å². The predicted octanol–water partition coefficient (Wildman–Crippen LogP) is 1.98. The van der Waals surface area contributed by atoms with Gasteiger partial charge in [-0.15, -0.1) is 0 Å². The Bertz CT molecular complexity index is 316. The number of carbonyl (C=O) groups is 2. The molecule has 0 aliphatic heterocycles. The second-order valence-electron chi connectivity index (χ2n) is 4.64. The number of carbonyl (C=O) groups excluding carboxylic acids is 2. The van der Waals surface area contributed by atoms with E-state index in [-0.39, 0.29) is 11.9 Å². The first-order valence-corrected chi connectivity index (χ1v) is 6.81.